The predicted octanol–water partition coefficient (Wildman–Crippen LogP) is 1.53. The van der Waals surface area contributed by atoms with Crippen LogP contribution in [0.4, 0.5) is 0 Å². The maximum Gasteiger partial charge on any atom is 0.264 e. The fourth-order valence-electron chi connectivity index (χ4n) is 2.75. The molecular formula is C12H24O6S2. The van der Waals surface area contributed by atoms with Crippen molar-refractivity contribution in [1.29, 1.82) is 0 Å². The fraction of sp³-hybridized carbons (Fsp3) is 1.00. The predicted molar refractivity (Wildman–Crippen MR) is 76.3 cm³/mol. The van der Waals surface area contributed by atoms with Crippen molar-refractivity contribution in [3.05, 3.63) is 0 Å². The Labute approximate surface area is 122 Å². The second kappa shape index (κ2) is 7.72. The van der Waals surface area contributed by atoms with Crippen LogP contribution in [-0.4, -0.2) is 42.6 Å². The summed E-state index contributed by atoms with van der Waals surface area (Å²) in [4.78, 5) is 0. The standard InChI is InChI=1S/C12H24O6S2/c1-19(13,14)17-9-7-11-5-3-4-6-12(11)8-10-18-20(2,15)16/h11-12H,3-10H2,1-2H3/t11-,12-/m0/s1. The zero-order valence-electron chi connectivity index (χ0n) is 12.1. The van der Waals surface area contributed by atoms with Gasteiger partial charge in [-0.3, -0.25) is 8.37 Å². The van der Waals surface area contributed by atoms with E-state index in [1.165, 1.54) is 0 Å². The van der Waals surface area contributed by atoms with Gasteiger partial charge in [0.1, 0.15) is 0 Å². The van der Waals surface area contributed by atoms with Crippen molar-refractivity contribution in [3.63, 3.8) is 0 Å². The molecule has 1 fully saturated rings. The summed E-state index contributed by atoms with van der Waals surface area (Å²) in [5, 5.41) is 0. The first-order valence-electron chi connectivity index (χ1n) is 6.86. The lowest BCUT2D eigenvalue weighted by molar-refractivity contribution is 0.159. The Morgan fingerprint density at radius 2 is 1.15 bits per heavy atom. The Kier molecular flexibility index (Phi) is 6.90. The van der Waals surface area contributed by atoms with E-state index < -0.39 is 20.2 Å². The summed E-state index contributed by atoms with van der Waals surface area (Å²) in [5.74, 6) is 0.766. The highest BCUT2D eigenvalue weighted by molar-refractivity contribution is 7.86. The van der Waals surface area contributed by atoms with E-state index in [4.69, 9.17) is 8.37 Å². The van der Waals surface area contributed by atoms with Crippen molar-refractivity contribution in [3.8, 4) is 0 Å². The lowest BCUT2D eigenvalue weighted by Gasteiger charge is -2.31. The van der Waals surface area contributed by atoms with Gasteiger partial charge in [-0.1, -0.05) is 25.7 Å². The summed E-state index contributed by atoms with van der Waals surface area (Å²) in [5.41, 5.74) is 0. The Morgan fingerprint density at radius 1 is 0.800 bits per heavy atom. The van der Waals surface area contributed by atoms with Crippen LogP contribution in [0.1, 0.15) is 38.5 Å². The van der Waals surface area contributed by atoms with Gasteiger partial charge in [0.05, 0.1) is 25.7 Å². The maximum atomic E-state index is 10.9. The first-order valence-corrected chi connectivity index (χ1v) is 10.5. The van der Waals surface area contributed by atoms with Crippen molar-refractivity contribution in [2.24, 2.45) is 11.8 Å². The van der Waals surface area contributed by atoms with Crippen molar-refractivity contribution >= 4 is 20.2 Å². The minimum atomic E-state index is -3.38. The largest absolute Gasteiger partial charge is 0.270 e. The van der Waals surface area contributed by atoms with Crippen LogP contribution in [0.25, 0.3) is 0 Å². The highest BCUT2D eigenvalue weighted by Gasteiger charge is 2.25. The Bertz CT molecular complexity index is 436. The molecule has 0 aromatic carbocycles. The summed E-state index contributed by atoms with van der Waals surface area (Å²) in [6, 6.07) is 0. The molecule has 0 radical (unpaired) electrons. The van der Waals surface area contributed by atoms with Crippen molar-refractivity contribution in [2.45, 2.75) is 38.5 Å². The summed E-state index contributed by atoms with van der Waals surface area (Å²) in [6.45, 7) is 0.403. The molecular weight excluding hydrogens is 304 g/mol. The van der Waals surface area contributed by atoms with E-state index in [0.717, 1.165) is 38.2 Å². The molecule has 0 spiro atoms. The van der Waals surface area contributed by atoms with Gasteiger partial charge in [0, 0.05) is 0 Å². The van der Waals surface area contributed by atoms with Gasteiger partial charge in [-0.05, 0) is 24.7 Å². The average Bonchev–Trinajstić information content (AvgIpc) is 2.28. The zero-order valence-corrected chi connectivity index (χ0v) is 13.7. The molecule has 20 heavy (non-hydrogen) atoms. The van der Waals surface area contributed by atoms with Crippen LogP contribution in [0.2, 0.25) is 0 Å². The van der Waals surface area contributed by atoms with Gasteiger partial charge in [-0.15, -0.1) is 0 Å². The molecule has 0 bridgehead atoms. The number of rotatable bonds is 8. The highest BCUT2D eigenvalue weighted by atomic mass is 32.2. The van der Waals surface area contributed by atoms with E-state index in [0.29, 0.717) is 24.7 Å². The first-order chi connectivity index (χ1) is 9.17. The molecule has 6 nitrogen and oxygen atoms in total. The van der Waals surface area contributed by atoms with Gasteiger partial charge in [-0.2, -0.15) is 16.8 Å². The third-order valence-electron chi connectivity index (χ3n) is 3.64. The molecule has 8 heteroatoms. The van der Waals surface area contributed by atoms with Gasteiger partial charge < -0.3 is 0 Å². The maximum absolute atomic E-state index is 10.9. The van der Waals surface area contributed by atoms with Crippen molar-refractivity contribution in [2.75, 3.05) is 25.7 Å². The smallest absolute Gasteiger partial charge is 0.264 e. The minimum absolute atomic E-state index is 0.201. The Balaban J connectivity index is 2.38. The van der Waals surface area contributed by atoms with E-state index in [-0.39, 0.29) is 13.2 Å². The van der Waals surface area contributed by atoms with Crippen LogP contribution in [0, 0.1) is 11.8 Å². The van der Waals surface area contributed by atoms with Gasteiger partial charge in [-0.25, -0.2) is 0 Å². The second-order valence-electron chi connectivity index (χ2n) is 5.43. The SMILES string of the molecule is CS(=O)(=O)OCC[C@@H]1CCCC[C@H]1CCOS(C)(=O)=O. The third kappa shape index (κ3) is 8.18. The topological polar surface area (TPSA) is 86.7 Å². The molecule has 1 saturated carbocycles. The molecule has 0 saturated heterocycles. The van der Waals surface area contributed by atoms with E-state index >= 15 is 0 Å². The van der Waals surface area contributed by atoms with Gasteiger partial charge in [0.2, 0.25) is 0 Å². The van der Waals surface area contributed by atoms with Crippen LogP contribution in [0.5, 0.6) is 0 Å². The molecule has 1 aliphatic carbocycles. The molecule has 0 unspecified atom stereocenters. The second-order valence-corrected chi connectivity index (χ2v) is 8.72. The molecule has 1 aliphatic rings. The summed E-state index contributed by atoms with van der Waals surface area (Å²) in [6.07, 6.45) is 7.82. The van der Waals surface area contributed by atoms with Crippen LogP contribution < -0.4 is 0 Å². The van der Waals surface area contributed by atoms with E-state index in [2.05, 4.69) is 0 Å². The zero-order chi connectivity index (χ0) is 15.2. The molecule has 2 atom stereocenters. The third-order valence-corrected chi connectivity index (χ3v) is 4.83. The lowest BCUT2D eigenvalue weighted by atomic mass is 9.76. The molecule has 0 heterocycles. The van der Waals surface area contributed by atoms with E-state index in [1.807, 2.05) is 0 Å². The van der Waals surface area contributed by atoms with E-state index in [9.17, 15) is 16.8 Å². The summed E-state index contributed by atoms with van der Waals surface area (Å²) in [7, 11) is -6.77. The summed E-state index contributed by atoms with van der Waals surface area (Å²) < 4.78 is 53.3. The van der Waals surface area contributed by atoms with Crippen LogP contribution >= 0.6 is 0 Å². The van der Waals surface area contributed by atoms with Crippen molar-refractivity contribution in [1.82, 2.24) is 0 Å². The Hall–Kier alpha value is -0.180. The Morgan fingerprint density at radius 3 is 1.45 bits per heavy atom. The quantitative estimate of drug-likeness (QED) is 0.628. The van der Waals surface area contributed by atoms with Gasteiger partial charge in [0.15, 0.2) is 0 Å². The minimum Gasteiger partial charge on any atom is -0.270 e. The van der Waals surface area contributed by atoms with Crippen LogP contribution in [0.15, 0.2) is 0 Å². The molecule has 0 aliphatic heterocycles. The fourth-order valence-corrected chi connectivity index (χ4v) is 3.54. The molecule has 0 N–H and O–H groups in total. The molecule has 120 valence electrons. The molecule has 0 amide bonds. The van der Waals surface area contributed by atoms with Gasteiger partial charge in [0.25, 0.3) is 20.2 Å². The average molecular weight is 328 g/mol. The van der Waals surface area contributed by atoms with E-state index in [1.54, 1.807) is 0 Å². The van der Waals surface area contributed by atoms with Crippen LogP contribution in [0.3, 0.4) is 0 Å². The number of hydrogen-bond acceptors (Lipinski definition) is 6. The molecule has 0 aromatic rings. The molecule has 0 aromatic heterocycles. The highest BCUT2D eigenvalue weighted by Crippen LogP contribution is 2.34. The molecule has 1 rings (SSSR count). The summed E-state index contributed by atoms with van der Waals surface area (Å²) >= 11 is 0. The first kappa shape index (κ1) is 17.9. The monoisotopic (exact) mass is 328 g/mol. The normalized spacial score (nSPS) is 24.7. The number of hydrogen-bond donors (Lipinski definition) is 0. The lowest BCUT2D eigenvalue weighted by Crippen LogP contribution is -2.23. The van der Waals surface area contributed by atoms with Crippen molar-refractivity contribution < 1.29 is 25.2 Å². The van der Waals surface area contributed by atoms with Gasteiger partial charge >= 0.3 is 0 Å². The van der Waals surface area contributed by atoms with Crippen LogP contribution in [-0.2, 0) is 28.6 Å².